The molecule has 1 aliphatic heterocycles. The average molecular weight is 369 g/mol. The van der Waals surface area contributed by atoms with Gasteiger partial charge in [-0.25, -0.2) is 13.9 Å². The third-order valence-electron chi connectivity index (χ3n) is 4.94. The molecule has 0 spiro atoms. The molecule has 1 heterocycles. The molecule has 1 amide bonds. The first-order valence-corrected chi connectivity index (χ1v) is 9.88. The van der Waals surface area contributed by atoms with E-state index >= 15 is 0 Å². The zero-order chi connectivity index (χ0) is 18.8. The minimum absolute atomic E-state index is 0.305. The molecule has 0 unspecified atom stereocenters. The molecule has 0 aliphatic carbocycles. The number of rotatable bonds is 5. The van der Waals surface area contributed by atoms with Crippen LogP contribution in [-0.2, 0) is 21.2 Å². The Hall–Kier alpha value is -1.64. The largest absolute Gasteiger partial charge is 0.369 e. The fourth-order valence-corrected chi connectivity index (χ4v) is 4.60. The van der Waals surface area contributed by atoms with Gasteiger partial charge in [0.25, 0.3) is 5.91 Å². The highest BCUT2D eigenvalue weighted by Crippen LogP contribution is 2.25. The van der Waals surface area contributed by atoms with Crippen LogP contribution in [0.4, 0.5) is 5.69 Å². The predicted octanol–water partition coefficient (Wildman–Crippen LogP) is 1.29. The van der Waals surface area contributed by atoms with E-state index in [4.69, 9.17) is 5.21 Å². The number of anilines is 1. The lowest BCUT2D eigenvalue weighted by molar-refractivity contribution is -0.131. The van der Waals surface area contributed by atoms with Gasteiger partial charge < -0.3 is 4.90 Å². The van der Waals surface area contributed by atoms with Gasteiger partial charge in [0.1, 0.15) is 0 Å². The van der Waals surface area contributed by atoms with Gasteiger partial charge in [0.05, 0.1) is 0 Å². The molecule has 0 aromatic heterocycles. The van der Waals surface area contributed by atoms with Gasteiger partial charge in [-0.2, -0.15) is 4.31 Å². The van der Waals surface area contributed by atoms with Crippen LogP contribution in [0.25, 0.3) is 0 Å². The van der Waals surface area contributed by atoms with Crippen molar-refractivity contribution in [3.63, 3.8) is 0 Å². The molecule has 25 heavy (non-hydrogen) atoms. The van der Waals surface area contributed by atoms with Crippen molar-refractivity contribution in [2.75, 3.05) is 31.1 Å². The summed E-state index contributed by atoms with van der Waals surface area (Å²) >= 11 is 0. The van der Waals surface area contributed by atoms with E-state index in [2.05, 4.69) is 36.9 Å². The Morgan fingerprint density at radius 3 is 2.32 bits per heavy atom. The summed E-state index contributed by atoms with van der Waals surface area (Å²) in [7, 11) is -3.86. The predicted molar refractivity (Wildman–Crippen MR) is 97.3 cm³/mol. The summed E-state index contributed by atoms with van der Waals surface area (Å²) in [5.74, 6) is -0.930. The molecule has 140 valence electrons. The topological polar surface area (TPSA) is 90.0 Å². The van der Waals surface area contributed by atoms with Gasteiger partial charge in [-0.3, -0.25) is 10.0 Å². The Kier molecular flexibility index (Phi) is 5.75. The monoisotopic (exact) mass is 369 g/mol. The van der Waals surface area contributed by atoms with Crippen LogP contribution in [0.2, 0.25) is 0 Å². The Morgan fingerprint density at radius 1 is 1.24 bits per heavy atom. The van der Waals surface area contributed by atoms with Crippen LogP contribution < -0.4 is 10.4 Å². The molecule has 2 N–H and O–H groups in total. The maximum absolute atomic E-state index is 12.7. The molecule has 7 nitrogen and oxygen atoms in total. The number of carbonyl (C=O) groups excluding carboxylic acids is 1. The highest BCUT2D eigenvalue weighted by Gasteiger charge is 2.46. The van der Waals surface area contributed by atoms with Crippen molar-refractivity contribution in [2.45, 2.75) is 38.9 Å². The lowest BCUT2D eigenvalue weighted by atomic mass is 10.1. The normalized spacial score (nSPS) is 16.8. The summed E-state index contributed by atoms with van der Waals surface area (Å²) in [6, 6.07) is 6.31. The molecule has 0 atom stereocenters. The van der Waals surface area contributed by atoms with Gasteiger partial charge in [0.2, 0.25) is 10.0 Å². The quantitative estimate of drug-likeness (QED) is 0.603. The van der Waals surface area contributed by atoms with Crippen LogP contribution in [0.1, 0.15) is 31.9 Å². The van der Waals surface area contributed by atoms with E-state index in [-0.39, 0.29) is 0 Å². The van der Waals surface area contributed by atoms with Gasteiger partial charge >= 0.3 is 0 Å². The zero-order valence-electron chi connectivity index (χ0n) is 15.2. The van der Waals surface area contributed by atoms with E-state index in [0.717, 1.165) is 12.1 Å². The van der Waals surface area contributed by atoms with Crippen LogP contribution in [0.3, 0.4) is 0 Å². The SMILES string of the molecule is CCc1ccc(N2CCN(S(=O)(=O)C(C)(C)C(=O)NO)CC2)cc1C. The van der Waals surface area contributed by atoms with E-state index in [0.29, 0.717) is 26.2 Å². The second-order valence-corrected chi connectivity index (χ2v) is 9.29. The summed E-state index contributed by atoms with van der Waals surface area (Å²) < 4.78 is 25.1. The Labute approximate surface area is 149 Å². The molecule has 0 bridgehead atoms. The van der Waals surface area contributed by atoms with Gasteiger partial charge in [-0.05, 0) is 50.5 Å². The number of hydrogen-bond donors (Lipinski definition) is 2. The van der Waals surface area contributed by atoms with Gasteiger partial charge in [-0.1, -0.05) is 13.0 Å². The minimum Gasteiger partial charge on any atom is -0.369 e. The van der Waals surface area contributed by atoms with E-state index in [1.165, 1.54) is 34.8 Å². The average Bonchev–Trinajstić information content (AvgIpc) is 2.60. The molecule has 1 saturated heterocycles. The molecule has 0 saturated carbocycles. The van der Waals surface area contributed by atoms with Crippen LogP contribution in [0, 0.1) is 6.92 Å². The molecule has 0 radical (unpaired) electrons. The van der Waals surface area contributed by atoms with Crippen LogP contribution in [0.5, 0.6) is 0 Å². The lowest BCUT2D eigenvalue weighted by Crippen LogP contribution is -2.57. The number of hydroxylamine groups is 1. The van der Waals surface area contributed by atoms with E-state index in [9.17, 15) is 13.2 Å². The van der Waals surface area contributed by atoms with Gasteiger partial charge in [0.15, 0.2) is 4.75 Å². The molecule has 1 aliphatic rings. The first kappa shape index (κ1) is 19.7. The number of sulfonamides is 1. The molecule has 1 fully saturated rings. The van der Waals surface area contributed by atoms with E-state index in [1.807, 2.05) is 0 Å². The molecular weight excluding hydrogens is 342 g/mol. The van der Waals surface area contributed by atoms with Crippen molar-refractivity contribution >= 4 is 21.6 Å². The van der Waals surface area contributed by atoms with Crippen molar-refractivity contribution in [1.29, 1.82) is 0 Å². The lowest BCUT2D eigenvalue weighted by Gasteiger charge is -2.38. The smallest absolute Gasteiger partial charge is 0.265 e. The maximum Gasteiger partial charge on any atom is 0.265 e. The number of benzene rings is 1. The van der Waals surface area contributed by atoms with Crippen molar-refractivity contribution in [1.82, 2.24) is 9.79 Å². The Bertz CT molecular complexity index is 738. The number of amides is 1. The second-order valence-electron chi connectivity index (χ2n) is 6.81. The van der Waals surface area contributed by atoms with Crippen LogP contribution in [0.15, 0.2) is 18.2 Å². The van der Waals surface area contributed by atoms with Crippen molar-refractivity contribution in [3.8, 4) is 0 Å². The van der Waals surface area contributed by atoms with Gasteiger partial charge in [0, 0.05) is 31.9 Å². The number of hydrogen-bond acceptors (Lipinski definition) is 5. The molecule has 8 heteroatoms. The zero-order valence-corrected chi connectivity index (χ0v) is 16.1. The third kappa shape index (κ3) is 3.65. The summed E-state index contributed by atoms with van der Waals surface area (Å²) in [5.41, 5.74) is 5.07. The molecule has 2 rings (SSSR count). The van der Waals surface area contributed by atoms with Crippen molar-refractivity contribution < 1.29 is 18.4 Å². The Balaban J connectivity index is 2.11. The minimum atomic E-state index is -3.86. The number of carbonyl (C=O) groups is 1. The van der Waals surface area contributed by atoms with E-state index < -0.39 is 20.7 Å². The number of nitrogens with one attached hydrogen (secondary N) is 1. The van der Waals surface area contributed by atoms with Crippen molar-refractivity contribution in [3.05, 3.63) is 29.3 Å². The molecular formula is C17H27N3O4S. The van der Waals surface area contributed by atoms with Crippen LogP contribution in [-0.4, -0.2) is 54.8 Å². The summed E-state index contributed by atoms with van der Waals surface area (Å²) in [5, 5.41) is 8.80. The summed E-state index contributed by atoms with van der Waals surface area (Å²) in [6.07, 6.45) is 0.986. The Morgan fingerprint density at radius 2 is 1.84 bits per heavy atom. The highest BCUT2D eigenvalue weighted by atomic mass is 32.2. The fourth-order valence-electron chi connectivity index (χ4n) is 3.03. The van der Waals surface area contributed by atoms with Gasteiger partial charge in [-0.15, -0.1) is 0 Å². The number of piperazine rings is 1. The third-order valence-corrected chi connectivity index (χ3v) is 7.46. The first-order valence-electron chi connectivity index (χ1n) is 8.43. The van der Waals surface area contributed by atoms with Crippen LogP contribution >= 0.6 is 0 Å². The number of aryl methyl sites for hydroxylation is 2. The first-order chi connectivity index (χ1) is 11.6. The van der Waals surface area contributed by atoms with E-state index in [1.54, 1.807) is 0 Å². The highest BCUT2D eigenvalue weighted by molar-refractivity contribution is 7.91. The standard InChI is InChI=1S/C17H27N3O4S/c1-5-14-6-7-15(12-13(14)2)19-8-10-20(11-9-19)25(23,24)17(3,4)16(21)18-22/h6-7,12,22H,5,8-11H2,1-4H3,(H,18,21). The fraction of sp³-hybridized carbons (Fsp3) is 0.588. The molecule has 1 aromatic rings. The maximum atomic E-state index is 12.7. The summed E-state index contributed by atoms with van der Waals surface area (Å²) in [6.45, 7) is 8.52. The molecule has 1 aromatic carbocycles. The van der Waals surface area contributed by atoms with Crippen molar-refractivity contribution in [2.24, 2.45) is 0 Å². The second kappa shape index (κ2) is 7.31. The summed E-state index contributed by atoms with van der Waals surface area (Å²) in [4.78, 5) is 13.9. The number of nitrogens with zero attached hydrogens (tertiary/aromatic N) is 2.